The van der Waals surface area contributed by atoms with Crippen LogP contribution in [0.3, 0.4) is 0 Å². The van der Waals surface area contributed by atoms with E-state index in [9.17, 15) is 5.11 Å². The van der Waals surface area contributed by atoms with Crippen LogP contribution in [0.1, 0.15) is 69.4 Å². The van der Waals surface area contributed by atoms with Crippen LogP contribution in [0.5, 0.6) is 0 Å². The van der Waals surface area contributed by atoms with Crippen molar-refractivity contribution in [2.45, 2.75) is 77.6 Å². The number of methoxy groups -OCH3 is 1. The summed E-state index contributed by atoms with van der Waals surface area (Å²) in [6.45, 7) is 10.9. The first-order chi connectivity index (χ1) is 17.7. The van der Waals surface area contributed by atoms with Crippen LogP contribution < -0.4 is 0 Å². The minimum Gasteiger partial charge on any atom is -0.653 e. The van der Waals surface area contributed by atoms with Gasteiger partial charge in [0.15, 0.2) is 0 Å². The van der Waals surface area contributed by atoms with Crippen LogP contribution in [0.2, 0.25) is 0 Å². The van der Waals surface area contributed by atoms with Crippen molar-refractivity contribution in [2.24, 2.45) is 5.41 Å². The predicted molar refractivity (Wildman–Crippen MR) is 152 cm³/mol. The molecule has 2 fully saturated rings. The molecule has 3 aromatic rings. The molecular weight excluding hydrogens is 787 g/mol. The van der Waals surface area contributed by atoms with Gasteiger partial charge in [0.25, 0.3) is 0 Å². The molecule has 6 nitrogen and oxygen atoms in total. The van der Waals surface area contributed by atoms with Crippen LogP contribution in [0.4, 0.5) is 0 Å². The Hall–Kier alpha value is -2.77. The summed E-state index contributed by atoms with van der Waals surface area (Å²) in [5, 5.41) is 16.4. The van der Waals surface area contributed by atoms with Gasteiger partial charge in [0.1, 0.15) is 0 Å². The zero-order chi connectivity index (χ0) is 26.3. The molecule has 4 heterocycles. The Kier molecular flexibility index (Phi) is 8.29. The minimum atomic E-state index is -0.260. The first-order valence-electron chi connectivity index (χ1n) is 13.5. The SMILES string of the molecule is CCn1c(-c2cc(C3CC4COC[C@@H](C3)[N-]4)cnc2[C@H](C)OC)c(CC(C)(C)CO)c2cc(Br)ccc21.[Fm]. The third kappa shape index (κ3) is 5.23. The summed E-state index contributed by atoms with van der Waals surface area (Å²) in [6, 6.07) is 9.45. The molecule has 38 heavy (non-hydrogen) atoms. The molecule has 2 unspecified atom stereocenters. The molecule has 0 saturated carbocycles. The number of ether oxygens (including phenoxy) is 2. The van der Waals surface area contributed by atoms with Gasteiger partial charge in [0.2, 0.25) is 0 Å². The fourth-order valence-corrected chi connectivity index (χ4v) is 6.45. The number of aliphatic hydroxyl groups excluding tert-OH is 1. The normalized spacial score (nSPS) is 22.3. The smallest absolute Gasteiger partial charge is 0.0969 e. The number of aromatic nitrogens is 2. The standard InChI is InChI=1S/C30H39BrN3O3.Fm/c1-6-34-27-8-7-21(31)12-24(27)26(13-30(3,4)17-35)29(34)25-11-20(14-32-28(25)18(2)36-5)19-9-22-15-37-16-23(10-19)33-22;/h7-8,11-12,14,18-19,22-23,35H,6,9-10,13,15-17H2,1-5H3;/q-1;/t18-,19?,22+,23?;/m0./s1. The van der Waals surface area contributed by atoms with E-state index in [0.29, 0.717) is 5.92 Å². The van der Waals surface area contributed by atoms with Crippen LogP contribution in [0.25, 0.3) is 27.5 Å². The van der Waals surface area contributed by atoms with Crippen LogP contribution >= 0.6 is 15.9 Å². The molecule has 0 spiro atoms. The van der Waals surface area contributed by atoms with Gasteiger partial charge >= 0.3 is 0 Å². The topological polar surface area (TPSA) is 70.6 Å². The molecule has 2 aromatic heterocycles. The summed E-state index contributed by atoms with van der Waals surface area (Å²) in [7, 11) is 1.75. The Morgan fingerprint density at radius 1 is 1.24 bits per heavy atom. The average molecular weight is 827 g/mol. The van der Waals surface area contributed by atoms with Gasteiger partial charge in [0, 0.05) is 60.6 Å². The fourth-order valence-electron chi connectivity index (χ4n) is 6.09. The van der Waals surface area contributed by atoms with E-state index < -0.39 is 0 Å². The number of nitrogens with zero attached hydrogens (tertiary/aromatic N) is 3. The molecule has 2 saturated heterocycles. The van der Waals surface area contributed by atoms with Gasteiger partial charge in [-0.2, -0.15) is 0 Å². The van der Waals surface area contributed by atoms with Crippen LogP contribution in [0.15, 0.2) is 34.9 Å². The number of piperidine rings is 1. The number of morpholine rings is 1. The first-order valence-corrected chi connectivity index (χ1v) is 14.3. The fraction of sp³-hybridized carbons (Fsp3) is 0.567. The summed E-state index contributed by atoms with van der Waals surface area (Å²) in [6.07, 6.45) is 4.68. The van der Waals surface area contributed by atoms with E-state index in [4.69, 9.17) is 19.8 Å². The number of aryl methyl sites for hydroxylation is 1. The van der Waals surface area contributed by atoms with Gasteiger partial charge in [-0.05, 0) is 67.0 Å². The minimum absolute atomic E-state index is 0. The van der Waals surface area contributed by atoms with E-state index >= 15 is 0 Å². The largest absolute Gasteiger partial charge is 0.653 e. The molecule has 5 rings (SSSR count). The molecule has 1 aromatic carbocycles. The van der Waals surface area contributed by atoms with Gasteiger partial charge in [-0.25, -0.2) is 0 Å². The number of aliphatic hydroxyl groups is 1. The van der Waals surface area contributed by atoms with E-state index in [1.54, 1.807) is 7.11 Å². The Labute approximate surface area is 228 Å². The zero-order valence-corrected chi connectivity index (χ0v) is 26.9. The predicted octanol–water partition coefficient (Wildman–Crippen LogP) is 6.77. The van der Waals surface area contributed by atoms with Crippen molar-refractivity contribution in [1.29, 1.82) is 0 Å². The van der Waals surface area contributed by atoms with Gasteiger partial charge < -0.3 is 24.5 Å². The van der Waals surface area contributed by atoms with E-state index in [2.05, 4.69) is 78.7 Å². The summed E-state index contributed by atoms with van der Waals surface area (Å²) in [5.41, 5.74) is 6.75. The molecular formula is C30H39BrFmN3O3-. The molecule has 2 aliphatic rings. The van der Waals surface area contributed by atoms with Crippen molar-refractivity contribution < 1.29 is 14.6 Å². The second-order valence-corrected chi connectivity index (χ2v) is 12.4. The molecule has 8 heteroatoms. The third-order valence-electron chi connectivity index (χ3n) is 8.09. The summed E-state index contributed by atoms with van der Waals surface area (Å²) in [5.74, 6) is 0.417. The van der Waals surface area contributed by atoms with Crippen LogP contribution in [0, 0.1) is 5.41 Å². The summed E-state index contributed by atoms with van der Waals surface area (Å²) < 4.78 is 15.1. The van der Waals surface area contributed by atoms with Crippen molar-refractivity contribution in [3.05, 3.63) is 57.1 Å². The average Bonchev–Trinajstić information content (AvgIpc) is 3.19. The molecule has 0 amide bonds. The van der Waals surface area contributed by atoms with Crippen LogP contribution in [-0.4, -0.2) is 53.7 Å². The zero-order valence-electron chi connectivity index (χ0n) is 22.9. The number of hydrogen-bond acceptors (Lipinski definition) is 4. The monoisotopic (exact) mass is 825 g/mol. The number of halogens is 1. The van der Waals surface area contributed by atoms with E-state index in [1.165, 1.54) is 27.7 Å². The second-order valence-electron chi connectivity index (χ2n) is 11.5. The summed E-state index contributed by atoms with van der Waals surface area (Å²) >= 11 is 3.70. The van der Waals surface area contributed by atoms with Crippen LogP contribution in [-0.2, 0) is 22.4 Å². The maximum absolute atomic E-state index is 10.2. The molecule has 2 bridgehead atoms. The van der Waals surface area contributed by atoms with Gasteiger partial charge in [-0.15, -0.1) is 12.1 Å². The Morgan fingerprint density at radius 3 is 2.58 bits per heavy atom. The maximum Gasteiger partial charge on any atom is 0.0969 e. The van der Waals surface area contributed by atoms with Gasteiger partial charge in [-0.3, -0.25) is 4.98 Å². The Bertz CT molecular complexity index is 1270. The Balaban J connectivity index is 0.00000336. The van der Waals surface area contributed by atoms with Crippen molar-refractivity contribution in [3.63, 3.8) is 0 Å². The van der Waals surface area contributed by atoms with Crippen molar-refractivity contribution in [1.82, 2.24) is 9.55 Å². The van der Waals surface area contributed by atoms with Crippen molar-refractivity contribution in [2.75, 3.05) is 26.9 Å². The van der Waals surface area contributed by atoms with Crippen molar-refractivity contribution >= 4 is 26.8 Å². The first kappa shape index (κ1) is 28.2. The van der Waals surface area contributed by atoms with E-state index in [-0.39, 0.29) is 30.2 Å². The van der Waals surface area contributed by atoms with Gasteiger partial charge in [-0.1, -0.05) is 42.6 Å². The number of hydrogen-bond donors (Lipinski definition) is 1. The van der Waals surface area contributed by atoms with Gasteiger partial charge in [0.05, 0.1) is 17.5 Å². The molecule has 4 atom stereocenters. The quantitative estimate of drug-likeness (QED) is 0.273. The Morgan fingerprint density at radius 2 is 1.95 bits per heavy atom. The number of fused-ring (bicyclic) bond motifs is 3. The molecule has 0 aliphatic carbocycles. The van der Waals surface area contributed by atoms with Crippen molar-refractivity contribution in [3.8, 4) is 11.3 Å². The second kappa shape index (κ2) is 11.1. The maximum atomic E-state index is 10.2. The molecule has 0 radical (unpaired) electrons. The van der Waals surface area contributed by atoms with E-state index in [0.717, 1.165) is 54.8 Å². The third-order valence-corrected chi connectivity index (χ3v) is 8.58. The number of rotatable bonds is 8. The molecule has 2 aliphatic heterocycles. The van der Waals surface area contributed by atoms with E-state index in [1.807, 2.05) is 0 Å². The number of pyridine rings is 1. The number of benzene rings is 1. The molecule has 212 valence electrons. The summed E-state index contributed by atoms with van der Waals surface area (Å²) in [4.78, 5) is 5.06. The molecule has 1 N–H and O–H groups in total.